The molecule has 0 aromatic carbocycles. The van der Waals surface area contributed by atoms with Gasteiger partial charge in [-0.1, -0.05) is 20.8 Å². The Balaban J connectivity index is 2.02. The molecule has 7 atom stereocenters. The van der Waals surface area contributed by atoms with Crippen LogP contribution in [0.2, 0.25) is 0 Å². The molecule has 3 rings (SSSR count). The third-order valence-electron chi connectivity index (χ3n) is 8.46. The van der Waals surface area contributed by atoms with Crippen molar-refractivity contribution in [3.63, 3.8) is 0 Å². The van der Waals surface area contributed by atoms with Gasteiger partial charge in [0.25, 0.3) is 0 Å². The van der Waals surface area contributed by atoms with Gasteiger partial charge in [0, 0.05) is 23.9 Å². The van der Waals surface area contributed by atoms with Gasteiger partial charge < -0.3 is 25.2 Å². The summed E-state index contributed by atoms with van der Waals surface area (Å²) in [5.74, 6) is 0.549. The molecule has 146 valence electrons. The molecule has 4 N–H and O–H groups in total. The number of aliphatic hydroxyl groups is 4. The molecule has 1 saturated heterocycles. The zero-order valence-electron chi connectivity index (χ0n) is 16.0. The monoisotopic (exact) mass is 356 g/mol. The second-order valence-corrected chi connectivity index (χ2v) is 9.47. The van der Waals surface area contributed by atoms with Crippen molar-refractivity contribution in [1.29, 1.82) is 0 Å². The number of aliphatic hydroxyl groups excluding tert-OH is 4. The molecule has 5 heteroatoms. The third kappa shape index (κ3) is 2.53. The summed E-state index contributed by atoms with van der Waals surface area (Å²) in [5, 5.41) is 40.2. The highest BCUT2D eigenvalue weighted by molar-refractivity contribution is 5.17. The summed E-state index contributed by atoms with van der Waals surface area (Å²) in [6, 6.07) is 0. The minimum atomic E-state index is -0.653. The molecule has 2 unspecified atom stereocenters. The van der Waals surface area contributed by atoms with Gasteiger partial charge in [0.15, 0.2) is 0 Å². The van der Waals surface area contributed by atoms with Gasteiger partial charge in [0.1, 0.15) is 0 Å². The largest absolute Gasteiger partial charge is 0.396 e. The van der Waals surface area contributed by atoms with E-state index in [4.69, 9.17) is 4.74 Å². The van der Waals surface area contributed by atoms with E-state index in [2.05, 4.69) is 13.8 Å². The van der Waals surface area contributed by atoms with E-state index in [1.165, 1.54) is 0 Å². The van der Waals surface area contributed by atoms with Crippen molar-refractivity contribution in [2.75, 3.05) is 19.8 Å². The molecule has 0 radical (unpaired) electrons. The lowest BCUT2D eigenvalue weighted by Crippen LogP contribution is -2.66. The van der Waals surface area contributed by atoms with Crippen molar-refractivity contribution in [2.45, 2.75) is 83.0 Å². The van der Waals surface area contributed by atoms with E-state index in [0.717, 1.165) is 32.1 Å². The van der Waals surface area contributed by atoms with Gasteiger partial charge in [0.05, 0.1) is 30.5 Å². The number of hydrogen-bond acceptors (Lipinski definition) is 5. The highest BCUT2D eigenvalue weighted by Gasteiger charge is 2.68. The Morgan fingerprint density at radius 2 is 1.68 bits per heavy atom. The van der Waals surface area contributed by atoms with Crippen LogP contribution in [0.15, 0.2) is 0 Å². The molecular weight excluding hydrogens is 320 g/mol. The molecule has 5 nitrogen and oxygen atoms in total. The first-order valence-corrected chi connectivity index (χ1v) is 9.94. The molecule has 2 aliphatic carbocycles. The Labute approximate surface area is 151 Å². The van der Waals surface area contributed by atoms with Crippen LogP contribution in [-0.4, -0.2) is 57.6 Å². The van der Waals surface area contributed by atoms with Gasteiger partial charge in [-0.05, 0) is 50.4 Å². The Morgan fingerprint density at radius 3 is 2.28 bits per heavy atom. The summed E-state index contributed by atoms with van der Waals surface area (Å²) in [6.45, 7) is 6.47. The first kappa shape index (κ1) is 19.6. The zero-order valence-corrected chi connectivity index (χ0v) is 16.0. The smallest absolute Gasteiger partial charge is 0.0942 e. The Hall–Kier alpha value is -0.200. The maximum absolute atomic E-state index is 10.6. The molecule has 0 amide bonds. The van der Waals surface area contributed by atoms with Crippen LogP contribution in [0.25, 0.3) is 0 Å². The number of hydrogen-bond donors (Lipinski definition) is 4. The van der Waals surface area contributed by atoms with E-state index in [9.17, 15) is 20.4 Å². The third-order valence-corrected chi connectivity index (χ3v) is 8.46. The zero-order chi connectivity index (χ0) is 18.5. The van der Waals surface area contributed by atoms with Crippen molar-refractivity contribution in [1.82, 2.24) is 0 Å². The van der Waals surface area contributed by atoms with Crippen molar-refractivity contribution >= 4 is 0 Å². The fraction of sp³-hybridized carbons (Fsp3) is 1.00. The van der Waals surface area contributed by atoms with E-state index in [1.54, 1.807) is 0 Å². The van der Waals surface area contributed by atoms with Gasteiger partial charge in [-0.25, -0.2) is 0 Å². The second-order valence-electron chi connectivity index (χ2n) is 9.47. The van der Waals surface area contributed by atoms with Crippen LogP contribution < -0.4 is 0 Å². The van der Waals surface area contributed by atoms with E-state index >= 15 is 0 Å². The van der Waals surface area contributed by atoms with Crippen LogP contribution >= 0.6 is 0 Å². The summed E-state index contributed by atoms with van der Waals surface area (Å²) in [5.41, 5.74) is -1.66. The number of rotatable bonds is 4. The first-order chi connectivity index (χ1) is 11.7. The van der Waals surface area contributed by atoms with Crippen molar-refractivity contribution < 1.29 is 25.2 Å². The lowest BCUT2D eigenvalue weighted by molar-refractivity contribution is -0.272. The SMILES string of the molecule is C[C@H]1CCC2[C@](C)(CO)[C@@H](O)CC[C@]2(C)[C@@]12CCC(CO)(CCO)O2. The van der Waals surface area contributed by atoms with Crippen LogP contribution in [0.3, 0.4) is 0 Å². The van der Waals surface area contributed by atoms with Crippen molar-refractivity contribution in [3.8, 4) is 0 Å². The standard InChI is InChI=1S/C20H36O5/c1-14-4-5-15-17(2,12-22)16(24)6-7-18(15,3)20(14)9-8-19(13-23,25-20)10-11-21/h14-16,21-24H,4-13H2,1-3H3/t14-,15?,16-,17-,18-,19?,20+/m0/s1. The Bertz CT molecular complexity index is 498. The number of fused-ring (bicyclic) bond motifs is 2. The van der Waals surface area contributed by atoms with E-state index < -0.39 is 17.1 Å². The van der Waals surface area contributed by atoms with Crippen molar-refractivity contribution in [2.24, 2.45) is 22.7 Å². The van der Waals surface area contributed by atoms with Crippen LogP contribution in [0.5, 0.6) is 0 Å². The summed E-state index contributed by atoms with van der Waals surface area (Å²) in [6.07, 6.45) is 5.15. The molecule has 1 spiro atoms. The van der Waals surface area contributed by atoms with Gasteiger partial charge in [-0.15, -0.1) is 0 Å². The van der Waals surface area contributed by atoms with Crippen LogP contribution in [0, 0.1) is 22.7 Å². The molecule has 0 aromatic rings. The summed E-state index contributed by atoms with van der Waals surface area (Å²) in [4.78, 5) is 0. The van der Waals surface area contributed by atoms with Crippen LogP contribution in [0.4, 0.5) is 0 Å². The minimum absolute atomic E-state index is 0.0121. The van der Waals surface area contributed by atoms with E-state index in [0.29, 0.717) is 18.8 Å². The molecule has 2 saturated carbocycles. The minimum Gasteiger partial charge on any atom is -0.396 e. The molecule has 3 aliphatic rings. The maximum Gasteiger partial charge on any atom is 0.0942 e. The summed E-state index contributed by atoms with van der Waals surface area (Å²) in [7, 11) is 0. The summed E-state index contributed by atoms with van der Waals surface area (Å²) >= 11 is 0. The highest BCUT2D eigenvalue weighted by Crippen LogP contribution is 2.67. The average molecular weight is 357 g/mol. The first-order valence-electron chi connectivity index (χ1n) is 9.94. The van der Waals surface area contributed by atoms with Crippen LogP contribution in [-0.2, 0) is 4.74 Å². The highest BCUT2D eigenvalue weighted by atomic mass is 16.5. The molecule has 1 heterocycles. The molecule has 0 aromatic heterocycles. The van der Waals surface area contributed by atoms with Gasteiger partial charge >= 0.3 is 0 Å². The quantitative estimate of drug-likeness (QED) is 0.617. The molecular formula is C20H36O5. The van der Waals surface area contributed by atoms with Gasteiger partial charge in [0.2, 0.25) is 0 Å². The Kier molecular flexibility index (Phi) is 5.05. The van der Waals surface area contributed by atoms with Crippen molar-refractivity contribution in [3.05, 3.63) is 0 Å². The molecule has 1 aliphatic heterocycles. The normalized spacial score (nSPS) is 53.2. The van der Waals surface area contributed by atoms with Gasteiger partial charge in [-0.2, -0.15) is 0 Å². The lowest BCUT2D eigenvalue weighted by Gasteiger charge is -2.65. The lowest BCUT2D eigenvalue weighted by atomic mass is 9.43. The van der Waals surface area contributed by atoms with E-state index in [1.807, 2.05) is 6.92 Å². The van der Waals surface area contributed by atoms with Gasteiger partial charge in [-0.3, -0.25) is 0 Å². The second kappa shape index (κ2) is 6.45. The predicted octanol–water partition coefficient (Wildman–Crippen LogP) is 1.85. The topological polar surface area (TPSA) is 90.2 Å². The number of ether oxygens (including phenoxy) is 1. The van der Waals surface area contributed by atoms with E-state index in [-0.39, 0.29) is 36.8 Å². The average Bonchev–Trinajstić information content (AvgIpc) is 2.99. The maximum atomic E-state index is 10.6. The fourth-order valence-corrected chi connectivity index (χ4v) is 6.70. The molecule has 3 fully saturated rings. The Morgan fingerprint density at radius 1 is 0.960 bits per heavy atom. The van der Waals surface area contributed by atoms with Crippen LogP contribution in [0.1, 0.15) is 65.7 Å². The fourth-order valence-electron chi connectivity index (χ4n) is 6.70. The predicted molar refractivity (Wildman–Crippen MR) is 95.0 cm³/mol. The summed E-state index contributed by atoms with van der Waals surface area (Å²) < 4.78 is 6.75. The molecule has 0 bridgehead atoms. The molecule has 25 heavy (non-hydrogen) atoms.